The van der Waals surface area contributed by atoms with Gasteiger partial charge in [-0.05, 0) is 19.8 Å². The van der Waals surface area contributed by atoms with Crippen LogP contribution in [0.5, 0.6) is 0 Å². The Bertz CT molecular complexity index is 318. The van der Waals surface area contributed by atoms with Crippen LogP contribution in [0.4, 0.5) is 5.82 Å². The number of anilines is 1. The summed E-state index contributed by atoms with van der Waals surface area (Å²) >= 11 is 0. The molecule has 0 saturated carbocycles. The second-order valence-corrected chi connectivity index (χ2v) is 5.29. The van der Waals surface area contributed by atoms with E-state index in [4.69, 9.17) is 5.73 Å². The average Bonchev–Trinajstić information content (AvgIpc) is 2.68. The molecule has 3 nitrogen and oxygen atoms in total. The topological polar surface area (TPSA) is 54.7 Å². The first-order valence-corrected chi connectivity index (χ1v) is 7.55. The number of H-pyrrole nitrogens is 1. The van der Waals surface area contributed by atoms with Crippen molar-refractivity contribution in [1.82, 2.24) is 10.2 Å². The van der Waals surface area contributed by atoms with Gasteiger partial charge in [0.2, 0.25) is 0 Å². The lowest BCUT2D eigenvalue weighted by Gasteiger charge is -2.02. The van der Waals surface area contributed by atoms with E-state index in [1.165, 1.54) is 63.5 Å². The molecule has 0 unspecified atom stereocenters. The van der Waals surface area contributed by atoms with E-state index in [1.807, 2.05) is 6.92 Å². The molecule has 1 aromatic heterocycles. The van der Waals surface area contributed by atoms with Crippen molar-refractivity contribution in [2.24, 2.45) is 0 Å². The molecule has 0 aromatic carbocycles. The molecule has 0 aliphatic heterocycles. The summed E-state index contributed by atoms with van der Waals surface area (Å²) in [5, 5.41) is 7.05. The maximum absolute atomic E-state index is 5.71. The number of rotatable bonds is 10. The van der Waals surface area contributed by atoms with E-state index >= 15 is 0 Å². The van der Waals surface area contributed by atoms with Crippen LogP contribution in [0.2, 0.25) is 0 Å². The highest BCUT2D eigenvalue weighted by molar-refractivity contribution is 5.40. The second-order valence-electron chi connectivity index (χ2n) is 5.29. The summed E-state index contributed by atoms with van der Waals surface area (Å²) in [4.78, 5) is 0. The van der Waals surface area contributed by atoms with Crippen LogP contribution in [-0.4, -0.2) is 10.2 Å². The van der Waals surface area contributed by atoms with Crippen LogP contribution in [0, 0.1) is 6.92 Å². The zero-order valence-corrected chi connectivity index (χ0v) is 12.1. The zero-order chi connectivity index (χ0) is 13.2. The molecule has 0 spiro atoms. The lowest BCUT2D eigenvalue weighted by Crippen LogP contribution is -1.90. The number of unbranched alkanes of at least 4 members (excludes halogenated alkanes) is 8. The fourth-order valence-electron chi connectivity index (χ4n) is 2.31. The van der Waals surface area contributed by atoms with Crippen LogP contribution in [0.3, 0.4) is 0 Å². The van der Waals surface area contributed by atoms with Crippen molar-refractivity contribution in [3.8, 4) is 0 Å². The van der Waals surface area contributed by atoms with Gasteiger partial charge in [0, 0.05) is 11.3 Å². The van der Waals surface area contributed by atoms with E-state index in [2.05, 4.69) is 17.1 Å². The summed E-state index contributed by atoms with van der Waals surface area (Å²) in [6.45, 7) is 4.31. The fourth-order valence-corrected chi connectivity index (χ4v) is 2.31. The smallest absolute Gasteiger partial charge is 0.148 e. The summed E-state index contributed by atoms with van der Waals surface area (Å²) in [6, 6.07) is 0. The summed E-state index contributed by atoms with van der Waals surface area (Å²) < 4.78 is 0. The van der Waals surface area contributed by atoms with E-state index in [-0.39, 0.29) is 0 Å². The average molecular weight is 251 g/mol. The van der Waals surface area contributed by atoms with E-state index in [0.717, 1.165) is 12.0 Å². The number of hydrogen-bond acceptors (Lipinski definition) is 2. The Balaban J connectivity index is 1.94. The molecule has 0 atom stereocenters. The van der Waals surface area contributed by atoms with Gasteiger partial charge in [0.05, 0.1) is 0 Å². The monoisotopic (exact) mass is 251 g/mol. The minimum Gasteiger partial charge on any atom is -0.382 e. The summed E-state index contributed by atoms with van der Waals surface area (Å²) in [5.41, 5.74) is 8.06. The largest absolute Gasteiger partial charge is 0.382 e. The predicted octanol–water partition coefficient (Wildman–Crippen LogP) is 4.37. The molecule has 0 aliphatic carbocycles. The molecular weight excluding hydrogens is 222 g/mol. The molecule has 1 heterocycles. The van der Waals surface area contributed by atoms with Crippen LogP contribution in [-0.2, 0) is 6.42 Å². The van der Waals surface area contributed by atoms with Crippen molar-refractivity contribution in [2.75, 3.05) is 5.73 Å². The summed E-state index contributed by atoms with van der Waals surface area (Å²) in [5.74, 6) is 0.654. The van der Waals surface area contributed by atoms with E-state index in [9.17, 15) is 0 Å². The molecule has 0 bridgehead atoms. The van der Waals surface area contributed by atoms with Crippen molar-refractivity contribution >= 4 is 5.82 Å². The first kappa shape index (κ1) is 15.1. The number of nitrogen functional groups attached to an aromatic ring is 1. The highest BCUT2D eigenvalue weighted by Crippen LogP contribution is 2.15. The molecule has 0 fully saturated rings. The van der Waals surface area contributed by atoms with Crippen molar-refractivity contribution in [3.05, 3.63) is 11.3 Å². The van der Waals surface area contributed by atoms with Crippen LogP contribution >= 0.6 is 0 Å². The van der Waals surface area contributed by atoms with Crippen LogP contribution in [0.1, 0.15) is 76.0 Å². The van der Waals surface area contributed by atoms with Gasteiger partial charge >= 0.3 is 0 Å². The van der Waals surface area contributed by atoms with Crippen LogP contribution in [0.15, 0.2) is 0 Å². The molecule has 0 amide bonds. The Labute approximate surface area is 112 Å². The first-order chi connectivity index (χ1) is 8.75. The summed E-state index contributed by atoms with van der Waals surface area (Å²) in [6.07, 6.45) is 13.4. The number of nitrogens with two attached hydrogens (primary N) is 1. The van der Waals surface area contributed by atoms with Gasteiger partial charge in [-0.25, -0.2) is 0 Å². The fraction of sp³-hybridized carbons (Fsp3) is 0.800. The van der Waals surface area contributed by atoms with Gasteiger partial charge in [-0.1, -0.05) is 58.3 Å². The maximum atomic E-state index is 5.71. The lowest BCUT2D eigenvalue weighted by atomic mass is 10.0. The Hall–Kier alpha value is -0.990. The Morgan fingerprint density at radius 3 is 2.00 bits per heavy atom. The zero-order valence-electron chi connectivity index (χ0n) is 12.1. The van der Waals surface area contributed by atoms with E-state index < -0.39 is 0 Å². The molecular formula is C15H29N3. The third-order valence-electron chi connectivity index (χ3n) is 3.68. The molecule has 18 heavy (non-hydrogen) atoms. The number of nitrogens with one attached hydrogen (secondary N) is 1. The highest BCUT2D eigenvalue weighted by atomic mass is 15.2. The van der Waals surface area contributed by atoms with Gasteiger partial charge in [0.1, 0.15) is 5.82 Å². The van der Waals surface area contributed by atoms with Crippen molar-refractivity contribution in [2.45, 2.75) is 78.1 Å². The molecule has 3 N–H and O–H groups in total. The van der Waals surface area contributed by atoms with Gasteiger partial charge in [0.25, 0.3) is 0 Å². The van der Waals surface area contributed by atoms with Gasteiger partial charge in [0.15, 0.2) is 0 Å². The van der Waals surface area contributed by atoms with E-state index in [0.29, 0.717) is 5.82 Å². The SMILES string of the molecule is CCCCCCCCCCCc1[nH]nc(N)c1C. The maximum Gasteiger partial charge on any atom is 0.148 e. The van der Waals surface area contributed by atoms with Gasteiger partial charge < -0.3 is 5.73 Å². The molecule has 1 aromatic rings. The van der Waals surface area contributed by atoms with Crippen molar-refractivity contribution in [3.63, 3.8) is 0 Å². The van der Waals surface area contributed by atoms with Gasteiger partial charge in [-0.3, -0.25) is 5.10 Å². The molecule has 0 radical (unpaired) electrons. The van der Waals surface area contributed by atoms with Crippen molar-refractivity contribution < 1.29 is 0 Å². The third kappa shape index (κ3) is 5.56. The minimum atomic E-state index is 0.654. The Morgan fingerprint density at radius 2 is 1.50 bits per heavy atom. The molecule has 0 aliphatic rings. The lowest BCUT2D eigenvalue weighted by molar-refractivity contribution is 0.563. The number of hydrogen-bond donors (Lipinski definition) is 2. The number of aryl methyl sites for hydroxylation is 1. The van der Waals surface area contributed by atoms with Crippen LogP contribution in [0.25, 0.3) is 0 Å². The van der Waals surface area contributed by atoms with Gasteiger partial charge in [-0.2, -0.15) is 5.10 Å². The predicted molar refractivity (Wildman–Crippen MR) is 78.7 cm³/mol. The quantitative estimate of drug-likeness (QED) is 0.606. The minimum absolute atomic E-state index is 0.654. The Kier molecular flexibility index (Phi) is 7.54. The number of aromatic amines is 1. The molecule has 3 heteroatoms. The Morgan fingerprint density at radius 1 is 0.944 bits per heavy atom. The normalized spacial score (nSPS) is 11.0. The standard InChI is InChI=1S/C15H29N3/c1-3-4-5-6-7-8-9-10-11-12-14-13(2)15(16)18-17-14/h3-12H2,1-2H3,(H3,16,17,18). The first-order valence-electron chi connectivity index (χ1n) is 7.55. The molecule has 0 saturated heterocycles. The van der Waals surface area contributed by atoms with Crippen LogP contribution < -0.4 is 5.73 Å². The number of nitrogens with zero attached hydrogens (tertiary/aromatic N) is 1. The third-order valence-corrected chi connectivity index (χ3v) is 3.68. The molecule has 104 valence electrons. The van der Waals surface area contributed by atoms with Crippen molar-refractivity contribution in [1.29, 1.82) is 0 Å². The number of aromatic nitrogens is 2. The van der Waals surface area contributed by atoms with Gasteiger partial charge in [-0.15, -0.1) is 0 Å². The van der Waals surface area contributed by atoms with E-state index in [1.54, 1.807) is 0 Å². The summed E-state index contributed by atoms with van der Waals surface area (Å²) in [7, 11) is 0. The highest BCUT2D eigenvalue weighted by Gasteiger charge is 2.04. The second kappa shape index (κ2) is 9.01. The molecule has 1 rings (SSSR count).